The minimum absolute atomic E-state index is 0.0600. The maximum absolute atomic E-state index is 12.8. The Labute approximate surface area is 168 Å². The van der Waals surface area contributed by atoms with Crippen LogP contribution in [0.25, 0.3) is 0 Å². The molecule has 3 aliphatic rings. The van der Waals surface area contributed by atoms with Crippen LogP contribution in [0, 0.1) is 0 Å². The molecule has 0 radical (unpaired) electrons. The zero-order valence-electron chi connectivity index (χ0n) is 17.3. The lowest BCUT2D eigenvalue weighted by Gasteiger charge is -2.44. The highest BCUT2D eigenvalue weighted by atomic mass is 16.7. The van der Waals surface area contributed by atoms with Crippen LogP contribution in [-0.2, 0) is 20.7 Å². The number of fused-ring (bicyclic) bond motifs is 2. The summed E-state index contributed by atoms with van der Waals surface area (Å²) in [7, 11) is -0.324. The maximum atomic E-state index is 12.8. The first-order chi connectivity index (χ1) is 13.3. The monoisotopic (exact) mass is 383 g/mol. The first-order valence-electron chi connectivity index (χ1n) is 10.3. The van der Waals surface area contributed by atoms with Crippen molar-refractivity contribution in [3.05, 3.63) is 47.4 Å². The molecule has 1 aromatic carbocycles. The van der Waals surface area contributed by atoms with Gasteiger partial charge in [-0.3, -0.25) is 4.90 Å². The Balaban J connectivity index is 1.46. The van der Waals surface area contributed by atoms with Crippen molar-refractivity contribution in [2.24, 2.45) is 0 Å². The molecule has 3 aliphatic heterocycles. The van der Waals surface area contributed by atoms with Gasteiger partial charge in [0.1, 0.15) is 6.61 Å². The lowest BCUT2D eigenvalue weighted by molar-refractivity contribution is 0.00578. The molecule has 0 saturated carbocycles. The van der Waals surface area contributed by atoms with Crippen LogP contribution in [0.15, 0.2) is 41.9 Å². The molecule has 3 heterocycles. The Bertz CT molecular complexity index is 745. The van der Waals surface area contributed by atoms with E-state index in [0.29, 0.717) is 6.61 Å². The summed E-state index contributed by atoms with van der Waals surface area (Å²) in [5, 5.41) is 0. The van der Waals surface area contributed by atoms with E-state index in [9.17, 15) is 4.79 Å². The van der Waals surface area contributed by atoms with E-state index in [1.165, 1.54) is 5.47 Å². The van der Waals surface area contributed by atoms with Crippen molar-refractivity contribution in [2.45, 2.75) is 83.3 Å². The minimum Gasteiger partial charge on any atom is -0.445 e. The van der Waals surface area contributed by atoms with E-state index in [-0.39, 0.29) is 36.5 Å². The zero-order valence-corrected chi connectivity index (χ0v) is 17.3. The Morgan fingerprint density at radius 3 is 2.46 bits per heavy atom. The number of carbonyl (C=O) groups is 1. The van der Waals surface area contributed by atoms with Crippen molar-refractivity contribution in [2.75, 3.05) is 0 Å². The highest BCUT2D eigenvalue weighted by Crippen LogP contribution is 2.42. The molecule has 1 amide bonds. The molecule has 6 heteroatoms. The molecule has 5 nitrogen and oxygen atoms in total. The number of piperidine rings is 1. The highest BCUT2D eigenvalue weighted by Gasteiger charge is 2.53. The fraction of sp³-hybridized carbons (Fsp3) is 0.591. The smallest absolute Gasteiger partial charge is 0.445 e. The van der Waals surface area contributed by atoms with Gasteiger partial charge in [-0.25, -0.2) is 4.79 Å². The number of hydrogen-bond acceptors (Lipinski definition) is 4. The molecule has 0 N–H and O–H groups in total. The summed E-state index contributed by atoms with van der Waals surface area (Å²) >= 11 is 0. The maximum Gasteiger partial charge on any atom is 0.490 e. The summed E-state index contributed by atoms with van der Waals surface area (Å²) in [6, 6.07) is 10.0. The number of carbonyl (C=O) groups excluding carboxylic acids is 1. The zero-order chi connectivity index (χ0) is 19.9. The number of nitrogens with zero attached hydrogens (tertiary/aromatic N) is 1. The summed E-state index contributed by atoms with van der Waals surface area (Å²) in [6.45, 7) is 8.60. The van der Waals surface area contributed by atoms with Gasteiger partial charge in [-0.1, -0.05) is 36.4 Å². The Kier molecular flexibility index (Phi) is 5.04. The second kappa shape index (κ2) is 7.23. The molecule has 4 rings (SSSR count). The molecule has 2 fully saturated rings. The highest BCUT2D eigenvalue weighted by molar-refractivity contribution is 6.54. The van der Waals surface area contributed by atoms with Gasteiger partial charge in [-0.2, -0.15) is 0 Å². The third-order valence-electron chi connectivity index (χ3n) is 6.64. The van der Waals surface area contributed by atoms with Crippen LogP contribution in [0.2, 0.25) is 0 Å². The Morgan fingerprint density at radius 1 is 1.14 bits per heavy atom. The predicted octanol–water partition coefficient (Wildman–Crippen LogP) is 4.51. The number of hydrogen-bond donors (Lipinski definition) is 0. The third kappa shape index (κ3) is 3.60. The SMILES string of the molecule is CC1(C)OB(C2=CC3CCCC(C2)N3C(=O)OCc2ccccc2)OC1(C)C. The normalized spacial score (nSPS) is 28.1. The van der Waals surface area contributed by atoms with E-state index in [1.54, 1.807) is 0 Å². The second-order valence-corrected chi connectivity index (χ2v) is 9.13. The largest absolute Gasteiger partial charge is 0.490 e. The molecule has 2 atom stereocenters. The molecule has 0 spiro atoms. The number of ether oxygens (including phenoxy) is 1. The van der Waals surface area contributed by atoms with Crippen LogP contribution in [0.4, 0.5) is 4.79 Å². The van der Waals surface area contributed by atoms with Gasteiger partial charge in [-0.05, 0) is 64.4 Å². The fourth-order valence-corrected chi connectivity index (χ4v) is 4.31. The topological polar surface area (TPSA) is 48.0 Å². The third-order valence-corrected chi connectivity index (χ3v) is 6.64. The van der Waals surface area contributed by atoms with E-state index >= 15 is 0 Å². The van der Waals surface area contributed by atoms with Crippen LogP contribution < -0.4 is 0 Å². The lowest BCUT2D eigenvalue weighted by Crippen LogP contribution is -2.53. The molecule has 28 heavy (non-hydrogen) atoms. The molecule has 2 saturated heterocycles. The van der Waals surface area contributed by atoms with Gasteiger partial charge in [0, 0.05) is 6.04 Å². The number of rotatable bonds is 3. The van der Waals surface area contributed by atoms with Crippen molar-refractivity contribution in [3.8, 4) is 0 Å². The van der Waals surface area contributed by atoms with Crippen LogP contribution in [0.3, 0.4) is 0 Å². The van der Waals surface area contributed by atoms with E-state index in [2.05, 4.69) is 33.8 Å². The Hall–Kier alpha value is -1.79. The number of benzene rings is 1. The van der Waals surface area contributed by atoms with Crippen molar-refractivity contribution >= 4 is 13.2 Å². The summed E-state index contributed by atoms with van der Waals surface area (Å²) in [5.41, 5.74) is 1.48. The van der Waals surface area contributed by atoms with Crippen LogP contribution >= 0.6 is 0 Å². The summed E-state index contributed by atoms with van der Waals surface area (Å²) in [4.78, 5) is 14.8. The first-order valence-corrected chi connectivity index (χ1v) is 10.3. The molecular weight excluding hydrogens is 353 g/mol. The molecule has 2 bridgehead atoms. The standard InChI is InChI=1S/C22H30BNO4/c1-21(2)22(3,4)28-23(27-21)17-13-18-11-8-12-19(14-17)24(18)20(25)26-15-16-9-6-5-7-10-16/h5-7,9-10,13,18-19H,8,11-12,14-15H2,1-4H3. The summed E-state index contributed by atoms with van der Waals surface area (Å²) in [5.74, 6) is 0. The predicted molar refractivity (Wildman–Crippen MR) is 109 cm³/mol. The molecule has 2 unspecified atom stereocenters. The van der Waals surface area contributed by atoms with Crippen molar-refractivity contribution in [3.63, 3.8) is 0 Å². The summed E-state index contributed by atoms with van der Waals surface area (Å²) in [6.07, 6.45) is 5.83. The fourth-order valence-electron chi connectivity index (χ4n) is 4.31. The van der Waals surface area contributed by atoms with Crippen molar-refractivity contribution < 1.29 is 18.8 Å². The van der Waals surface area contributed by atoms with Crippen molar-refractivity contribution in [1.29, 1.82) is 0 Å². The number of amides is 1. The lowest BCUT2D eigenvalue weighted by atomic mass is 9.69. The minimum atomic E-state index is -0.348. The van der Waals surface area contributed by atoms with Gasteiger partial charge in [0.15, 0.2) is 0 Å². The van der Waals surface area contributed by atoms with Gasteiger partial charge in [0.05, 0.1) is 17.2 Å². The average molecular weight is 383 g/mol. The molecule has 0 aliphatic carbocycles. The first kappa shape index (κ1) is 19.5. The molecular formula is C22H30BNO4. The molecule has 1 aromatic rings. The van der Waals surface area contributed by atoms with Gasteiger partial charge in [-0.15, -0.1) is 0 Å². The van der Waals surface area contributed by atoms with Gasteiger partial charge < -0.3 is 14.0 Å². The molecule has 0 aromatic heterocycles. The van der Waals surface area contributed by atoms with E-state index in [1.807, 2.05) is 35.2 Å². The second-order valence-electron chi connectivity index (χ2n) is 9.13. The van der Waals surface area contributed by atoms with Crippen LogP contribution in [0.5, 0.6) is 0 Å². The van der Waals surface area contributed by atoms with Crippen molar-refractivity contribution in [1.82, 2.24) is 4.90 Å². The van der Waals surface area contributed by atoms with Gasteiger partial charge in [0.2, 0.25) is 0 Å². The van der Waals surface area contributed by atoms with Crippen LogP contribution in [0.1, 0.15) is 58.9 Å². The summed E-state index contributed by atoms with van der Waals surface area (Å²) < 4.78 is 18.1. The molecule has 150 valence electrons. The van der Waals surface area contributed by atoms with E-state index in [4.69, 9.17) is 14.0 Å². The average Bonchev–Trinajstić information content (AvgIpc) is 2.87. The van der Waals surface area contributed by atoms with Gasteiger partial charge >= 0.3 is 13.2 Å². The van der Waals surface area contributed by atoms with E-state index < -0.39 is 0 Å². The van der Waals surface area contributed by atoms with Gasteiger partial charge in [0.25, 0.3) is 0 Å². The van der Waals surface area contributed by atoms with E-state index in [0.717, 1.165) is 31.2 Å². The Morgan fingerprint density at radius 2 is 1.82 bits per heavy atom. The quantitative estimate of drug-likeness (QED) is 0.721. The van der Waals surface area contributed by atoms with Crippen LogP contribution in [-0.4, -0.2) is 41.4 Å².